The molecule has 1 saturated heterocycles. The molecule has 0 radical (unpaired) electrons. The Hall–Kier alpha value is -6.65. The maximum Gasteiger partial charge on any atom is 0.534 e. The van der Waals surface area contributed by atoms with Gasteiger partial charge in [0, 0.05) is 51.7 Å². The number of carbonyl (C=O) groups is 4. The Labute approximate surface area is 392 Å². The number of pyridine rings is 2. The third-order valence-electron chi connectivity index (χ3n) is 9.65. The van der Waals surface area contributed by atoms with E-state index >= 15 is 0 Å². The minimum atomic E-state index is -1.09. The van der Waals surface area contributed by atoms with E-state index in [0.29, 0.717) is 83.9 Å². The molecule has 5 heterocycles. The fourth-order valence-electron chi connectivity index (χ4n) is 6.84. The van der Waals surface area contributed by atoms with Gasteiger partial charge in [-0.15, -0.1) is 0 Å². The number of fused-ring (bicyclic) bond motifs is 6. The number of hydroxylamine groups is 2. The summed E-state index contributed by atoms with van der Waals surface area (Å²) in [5.74, 6) is 0.949. The van der Waals surface area contributed by atoms with Crippen molar-refractivity contribution in [1.29, 1.82) is 0 Å². The first-order valence-corrected chi connectivity index (χ1v) is 21.8. The summed E-state index contributed by atoms with van der Waals surface area (Å²) in [4.78, 5) is 67.8. The third kappa shape index (κ3) is 14.0. The van der Waals surface area contributed by atoms with Gasteiger partial charge in [0.25, 0.3) is 11.8 Å². The second-order valence-electron chi connectivity index (χ2n) is 16.4. The van der Waals surface area contributed by atoms with Gasteiger partial charge in [-0.2, -0.15) is 4.98 Å². The molecule has 5 aromatic rings. The Bertz CT molecular complexity index is 2720. The fraction of sp³-hybridized carbons (Fsp3) is 0.478. The zero-order valence-electron chi connectivity index (χ0n) is 39.6. The number of nitrogens with zero attached hydrogens (tertiary/aromatic N) is 7. The predicted molar refractivity (Wildman–Crippen MR) is 249 cm³/mol. The number of ether oxygens (including phenoxy) is 6. The van der Waals surface area contributed by atoms with Crippen LogP contribution >= 0.6 is 0 Å². The monoisotopic (exact) mass is 946 g/mol. The summed E-state index contributed by atoms with van der Waals surface area (Å²) in [5.41, 5.74) is 7.68. The van der Waals surface area contributed by atoms with Gasteiger partial charge in [-0.3, -0.25) is 19.7 Å². The number of aromatic nitrogens is 6. The zero-order valence-corrected chi connectivity index (χ0v) is 39.6. The Balaban J connectivity index is 0.000000202. The molecule has 2 aliphatic rings. The number of rotatable bonds is 18. The van der Waals surface area contributed by atoms with E-state index in [-0.39, 0.29) is 39.3 Å². The number of anilines is 2. The molecule has 7 rings (SSSR count). The highest BCUT2D eigenvalue weighted by molar-refractivity contribution is 6.09. The van der Waals surface area contributed by atoms with Crippen molar-refractivity contribution < 1.29 is 62.6 Å². The lowest BCUT2D eigenvalue weighted by Gasteiger charge is -2.20. The summed E-state index contributed by atoms with van der Waals surface area (Å²) >= 11 is 0. The average Bonchev–Trinajstić information content (AvgIpc) is 3.94. The van der Waals surface area contributed by atoms with Crippen LogP contribution in [-0.4, -0.2) is 133 Å². The number of nitrogens with one attached hydrogen (secondary N) is 1. The first kappa shape index (κ1) is 52.3. The average molecular weight is 947 g/mol. The fourth-order valence-corrected chi connectivity index (χ4v) is 6.84. The molecule has 22 heteroatoms. The maximum atomic E-state index is 12.2. The molecule has 4 aromatic heterocycles. The van der Waals surface area contributed by atoms with E-state index in [1.54, 1.807) is 33.8 Å². The molecule has 366 valence electrons. The lowest BCUT2D eigenvalue weighted by atomic mass is 10.1. The molecule has 1 aromatic carbocycles. The van der Waals surface area contributed by atoms with Gasteiger partial charge in [-0.05, 0) is 47.6 Å². The minimum Gasteiger partial charge on any atom is -0.447 e. The second kappa shape index (κ2) is 23.9. The number of carbonyl (C=O) groups excluding carboxylic acids is 4. The molecule has 68 heavy (non-hydrogen) atoms. The molecule has 5 N–H and O–H groups in total. The molecule has 3 amide bonds. The highest BCUT2D eigenvalue weighted by Gasteiger charge is 2.33. The van der Waals surface area contributed by atoms with Crippen LogP contribution in [0, 0.1) is 0 Å². The molecule has 22 nitrogen and oxygen atoms in total. The smallest absolute Gasteiger partial charge is 0.447 e. The lowest BCUT2D eigenvalue weighted by Crippen LogP contribution is -2.34. The normalized spacial score (nSPS) is 13.2. The Morgan fingerprint density at radius 1 is 0.794 bits per heavy atom. The Morgan fingerprint density at radius 2 is 1.37 bits per heavy atom. The van der Waals surface area contributed by atoms with Crippen molar-refractivity contribution in [2.45, 2.75) is 91.9 Å². The van der Waals surface area contributed by atoms with Crippen LogP contribution < -0.4 is 21.6 Å². The topological polar surface area (TPSA) is 276 Å². The van der Waals surface area contributed by atoms with Gasteiger partial charge in [0.15, 0.2) is 11.6 Å². The summed E-state index contributed by atoms with van der Waals surface area (Å²) in [7, 11) is 2.98. The summed E-state index contributed by atoms with van der Waals surface area (Å²) in [5, 5.41) is 26.4. The molecular weight excluding hydrogens is 887 g/mol. The standard InChI is InChI=1S/C21H28N4O5.C17H21N4O2.C8H11NO6/c1-5-29-12-16-23-17-18(25(16)13-21(2,3)27)14-8-6-7-9-15(14)22-19(17)24-20(26)30-11-10-28-4;1-4-23-9-13-20-14-15(21(13)10-17(2,3)22)11-7-5-6-8-12(11)19-16(14)18;1-13-4-5-14-8(12)15-9-6(10)2-3-7(9)11/h6-9,27H,5,10-13H2,1-4H3,(H,22,24,26);5-7,22H,4,9-10H2,1-3H3,(H2,18,19);2-5H2,1H3/q;+1;. The summed E-state index contributed by atoms with van der Waals surface area (Å²) in [6.07, 6.45) is 7.17. The van der Waals surface area contributed by atoms with Crippen molar-refractivity contribution in [3.05, 3.63) is 58.6 Å². The second-order valence-corrected chi connectivity index (χ2v) is 16.4. The van der Waals surface area contributed by atoms with Crippen molar-refractivity contribution in [2.24, 2.45) is 0 Å². The molecule has 0 saturated carbocycles. The minimum absolute atomic E-state index is 0.00551. The van der Waals surface area contributed by atoms with Crippen LogP contribution in [0.15, 0.2) is 36.4 Å². The third-order valence-corrected chi connectivity index (χ3v) is 9.65. The van der Waals surface area contributed by atoms with Gasteiger partial charge in [-0.25, -0.2) is 24.5 Å². The number of nitrogens with two attached hydrogens (primary N) is 1. The first-order chi connectivity index (χ1) is 32.4. The van der Waals surface area contributed by atoms with Gasteiger partial charge < -0.3 is 53.5 Å². The number of hydrogen-bond donors (Lipinski definition) is 4. The molecule has 0 atom stereocenters. The van der Waals surface area contributed by atoms with E-state index in [0.717, 1.165) is 27.5 Å². The zero-order chi connectivity index (χ0) is 49.6. The number of nitrogen functional groups attached to an aromatic ring is 1. The van der Waals surface area contributed by atoms with Gasteiger partial charge in [0.1, 0.15) is 65.9 Å². The van der Waals surface area contributed by atoms with E-state index in [4.69, 9.17) is 29.7 Å². The number of hydrogen-bond acceptors (Lipinski definition) is 18. The molecule has 0 spiro atoms. The molecule has 1 fully saturated rings. The summed E-state index contributed by atoms with van der Waals surface area (Å²) in [6, 6.07) is 7.59. The highest BCUT2D eigenvalue weighted by atomic mass is 16.8. The Kier molecular flexibility index (Phi) is 18.4. The van der Waals surface area contributed by atoms with Crippen LogP contribution in [0.1, 0.15) is 66.0 Å². The number of imide groups is 1. The number of benzene rings is 1. The van der Waals surface area contributed by atoms with Gasteiger partial charge in [0.2, 0.25) is 5.35 Å². The SMILES string of the molecule is CCOCc1nc2c(N)nc3c(c2n1CC(C)(C)O)=CC=C[C+]=3.CCOCc1nc2c(NC(=O)OCCOC)nc3ccccc3c2n1CC(C)(C)O.COCCOC(=O)ON1C(=O)CCC1=O. The highest BCUT2D eigenvalue weighted by Crippen LogP contribution is 2.32. The molecule has 0 unspecified atom stereocenters. The first-order valence-electron chi connectivity index (χ1n) is 21.8. The molecular formula is C46H60N9O13+. The van der Waals surface area contributed by atoms with Crippen LogP contribution in [0.4, 0.5) is 21.2 Å². The maximum absolute atomic E-state index is 12.2. The van der Waals surface area contributed by atoms with Gasteiger partial charge in [0.05, 0.1) is 60.7 Å². The van der Waals surface area contributed by atoms with Crippen molar-refractivity contribution in [3.63, 3.8) is 0 Å². The summed E-state index contributed by atoms with van der Waals surface area (Å²) < 4.78 is 34.2. The Morgan fingerprint density at radius 3 is 1.96 bits per heavy atom. The number of imidazole rings is 2. The van der Waals surface area contributed by atoms with Crippen LogP contribution in [0.3, 0.4) is 0 Å². The predicted octanol–water partition coefficient (Wildman–Crippen LogP) is 3.27. The molecule has 1 aliphatic heterocycles. The quantitative estimate of drug-likeness (QED) is 0.0425. The number of allylic oxidation sites excluding steroid dienone is 2. The molecule has 1 aliphatic carbocycles. The van der Waals surface area contributed by atoms with Crippen molar-refractivity contribution in [2.75, 3.05) is 64.9 Å². The lowest BCUT2D eigenvalue weighted by molar-refractivity contribution is -0.177. The van der Waals surface area contributed by atoms with Crippen molar-refractivity contribution in [3.8, 4) is 0 Å². The van der Waals surface area contributed by atoms with E-state index in [2.05, 4.69) is 40.7 Å². The van der Waals surface area contributed by atoms with E-state index in [1.807, 2.05) is 59.4 Å². The number of amides is 3. The van der Waals surface area contributed by atoms with Crippen molar-refractivity contribution >= 4 is 80.8 Å². The summed E-state index contributed by atoms with van der Waals surface area (Å²) in [6.45, 7) is 13.9. The molecule has 0 bridgehead atoms. The van der Waals surface area contributed by atoms with Gasteiger partial charge >= 0.3 is 12.2 Å². The van der Waals surface area contributed by atoms with E-state index < -0.39 is 35.3 Å². The van der Waals surface area contributed by atoms with Crippen LogP contribution in [0.2, 0.25) is 0 Å². The van der Waals surface area contributed by atoms with Crippen LogP contribution in [0.5, 0.6) is 0 Å². The number of para-hydroxylation sites is 1. The number of methoxy groups -OCH3 is 2. The van der Waals surface area contributed by atoms with Crippen LogP contribution in [-0.2, 0) is 69.2 Å². The van der Waals surface area contributed by atoms with E-state index in [9.17, 15) is 29.4 Å². The number of aliphatic hydroxyl groups is 2. The van der Waals surface area contributed by atoms with Crippen molar-refractivity contribution in [1.82, 2.24) is 34.1 Å². The van der Waals surface area contributed by atoms with E-state index in [1.165, 1.54) is 14.2 Å². The largest absolute Gasteiger partial charge is 0.534 e. The van der Waals surface area contributed by atoms with Crippen LogP contribution in [0.25, 0.3) is 45.1 Å². The van der Waals surface area contributed by atoms with Gasteiger partial charge in [-0.1, -0.05) is 23.3 Å².